The van der Waals surface area contributed by atoms with Crippen LogP contribution in [0.4, 0.5) is 11.4 Å². The van der Waals surface area contributed by atoms with Crippen LogP contribution in [0.1, 0.15) is 19.8 Å². The third-order valence-corrected chi connectivity index (χ3v) is 4.61. The van der Waals surface area contributed by atoms with Gasteiger partial charge in [-0.25, -0.2) is 0 Å². The Morgan fingerprint density at radius 1 is 1.00 bits per heavy atom. The predicted octanol–water partition coefficient (Wildman–Crippen LogP) is 3.88. The van der Waals surface area contributed by atoms with E-state index in [-0.39, 0.29) is 24.4 Å². The number of benzene rings is 2. The molecule has 2 aromatic carbocycles. The maximum absolute atomic E-state index is 12.2. The molecule has 136 valence electrons. The highest BCUT2D eigenvalue weighted by molar-refractivity contribution is 8.00. The Balaban J connectivity index is 1.52. The molecule has 0 fully saturated rings. The first-order chi connectivity index (χ1) is 12.6. The molecule has 0 aromatic heterocycles. The molecule has 3 rings (SSSR count). The van der Waals surface area contributed by atoms with Gasteiger partial charge in [0, 0.05) is 28.8 Å². The van der Waals surface area contributed by atoms with Crippen LogP contribution in [-0.2, 0) is 9.59 Å². The molecule has 0 saturated carbocycles. The lowest BCUT2D eigenvalue weighted by Crippen LogP contribution is -2.14. The second-order valence-corrected chi connectivity index (χ2v) is 6.78. The second-order valence-electron chi connectivity index (χ2n) is 5.73. The van der Waals surface area contributed by atoms with E-state index in [1.165, 1.54) is 11.8 Å². The zero-order chi connectivity index (χ0) is 18.4. The van der Waals surface area contributed by atoms with Crippen LogP contribution >= 0.6 is 11.8 Å². The van der Waals surface area contributed by atoms with E-state index in [2.05, 4.69) is 10.6 Å². The summed E-state index contributed by atoms with van der Waals surface area (Å²) in [6, 6.07) is 12.8. The number of carbonyl (C=O) groups is 2. The highest BCUT2D eigenvalue weighted by Gasteiger charge is 2.14. The van der Waals surface area contributed by atoms with Crippen molar-refractivity contribution in [3.63, 3.8) is 0 Å². The van der Waals surface area contributed by atoms with Gasteiger partial charge in [-0.1, -0.05) is 13.0 Å². The van der Waals surface area contributed by atoms with Crippen LogP contribution in [0.5, 0.6) is 11.5 Å². The molecule has 2 amide bonds. The number of carbonyl (C=O) groups excluding carboxylic acids is 2. The van der Waals surface area contributed by atoms with Crippen molar-refractivity contribution in [2.24, 2.45) is 0 Å². The number of thioether (sulfide) groups is 1. The lowest BCUT2D eigenvalue weighted by atomic mass is 10.3. The first-order valence-electron chi connectivity index (χ1n) is 8.36. The van der Waals surface area contributed by atoms with Gasteiger partial charge in [0.05, 0.1) is 5.75 Å². The summed E-state index contributed by atoms with van der Waals surface area (Å²) < 4.78 is 10.5. The average molecular weight is 372 g/mol. The predicted molar refractivity (Wildman–Crippen MR) is 102 cm³/mol. The Bertz CT molecular complexity index is 810. The third-order valence-electron chi connectivity index (χ3n) is 3.62. The highest BCUT2D eigenvalue weighted by atomic mass is 32.2. The summed E-state index contributed by atoms with van der Waals surface area (Å²) in [5.74, 6) is 1.45. The monoisotopic (exact) mass is 372 g/mol. The van der Waals surface area contributed by atoms with Gasteiger partial charge in [-0.05, 0) is 36.8 Å². The molecule has 1 aliphatic heterocycles. The van der Waals surface area contributed by atoms with E-state index in [9.17, 15) is 9.59 Å². The molecule has 2 N–H and O–H groups in total. The summed E-state index contributed by atoms with van der Waals surface area (Å²) in [5, 5.41) is 5.70. The van der Waals surface area contributed by atoms with Crippen molar-refractivity contribution < 1.29 is 19.1 Å². The quantitative estimate of drug-likeness (QED) is 0.721. The van der Waals surface area contributed by atoms with Crippen molar-refractivity contribution in [1.82, 2.24) is 0 Å². The normalized spacial score (nSPS) is 11.9. The summed E-state index contributed by atoms with van der Waals surface area (Å²) in [7, 11) is 0. The van der Waals surface area contributed by atoms with E-state index in [1.807, 2.05) is 31.2 Å². The molecule has 1 aliphatic rings. The van der Waals surface area contributed by atoms with Gasteiger partial charge in [-0.15, -0.1) is 11.8 Å². The highest BCUT2D eigenvalue weighted by Crippen LogP contribution is 2.34. The molecule has 0 atom stereocenters. The van der Waals surface area contributed by atoms with Gasteiger partial charge in [0.1, 0.15) is 0 Å². The number of rotatable bonds is 7. The number of anilines is 2. The Morgan fingerprint density at radius 3 is 2.62 bits per heavy atom. The van der Waals surface area contributed by atoms with Crippen LogP contribution in [-0.4, -0.2) is 24.4 Å². The number of nitrogens with one attached hydrogen (secondary N) is 2. The van der Waals surface area contributed by atoms with Crippen LogP contribution < -0.4 is 20.1 Å². The summed E-state index contributed by atoms with van der Waals surface area (Å²) in [6.07, 6.45) is 1.30. The van der Waals surface area contributed by atoms with E-state index in [4.69, 9.17) is 9.47 Å². The maximum atomic E-state index is 12.2. The first kappa shape index (κ1) is 18.1. The van der Waals surface area contributed by atoms with Gasteiger partial charge in [-0.2, -0.15) is 0 Å². The smallest absolute Gasteiger partial charge is 0.234 e. The van der Waals surface area contributed by atoms with Crippen molar-refractivity contribution in [2.45, 2.75) is 24.7 Å². The maximum Gasteiger partial charge on any atom is 0.234 e. The van der Waals surface area contributed by atoms with E-state index in [1.54, 1.807) is 18.2 Å². The molecule has 0 radical (unpaired) electrons. The molecule has 0 saturated heterocycles. The first-order valence-corrected chi connectivity index (χ1v) is 9.35. The molecular formula is C19H20N2O4S. The second kappa shape index (κ2) is 8.62. The fraction of sp³-hybridized carbons (Fsp3) is 0.263. The fourth-order valence-electron chi connectivity index (χ4n) is 2.43. The largest absolute Gasteiger partial charge is 0.454 e. The van der Waals surface area contributed by atoms with E-state index in [0.717, 1.165) is 17.0 Å². The zero-order valence-electron chi connectivity index (χ0n) is 14.4. The minimum absolute atomic E-state index is 0.00444. The number of amides is 2. The lowest BCUT2D eigenvalue weighted by Gasteiger charge is -2.08. The van der Waals surface area contributed by atoms with Crippen molar-refractivity contribution in [3.8, 4) is 11.5 Å². The molecule has 0 aliphatic carbocycles. The third kappa shape index (κ3) is 4.92. The van der Waals surface area contributed by atoms with E-state index >= 15 is 0 Å². The molecule has 26 heavy (non-hydrogen) atoms. The standard InChI is InChI=1S/C19H20N2O4S/c1-2-4-18(22)20-13-5-3-6-15(9-13)26-11-19(23)21-14-7-8-16-17(10-14)25-12-24-16/h3,5-10H,2,4,11-12H2,1H3,(H,20,22)(H,21,23). The molecule has 0 spiro atoms. The van der Waals surface area contributed by atoms with Crippen LogP contribution in [0.2, 0.25) is 0 Å². The van der Waals surface area contributed by atoms with Crippen molar-refractivity contribution >= 4 is 35.0 Å². The number of ether oxygens (including phenoxy) is 2. The summed E-state index contributed by atoms with van der Waals surface area (Å²) >= 11 is 1.41. The molecule has 7 heteroatoms. The Labute approximate surface area is 156 Å². The van der Waals surface area contributed by atoms with Crippen molar-refractivity contribution in [3.05, 3.63) is 42.5 Å². The van der Waals surface area contributed by atoms with Gasteiger partial charge in [-0.3, -0.25) is 9.59 Å². The molecule has 0 bridgehead atoms. The van der Waals surface area contributed by atoms with Gasteiger partial charge in [0.15, 0.2) is 11.5 Å². The molecule has 0 unspecified atom stereocenters. The van der Waals surface area contributed by atoms with Crippen LogP contribution in [0.3, 0.4) is 0 Å². The Hall–Kier alpha value is -2.67. The summed E-state index contributed by atoms with van der Waals surface area (Å²) in [6.45, 7) is 2.17. The van der Waals surface area contributed by atoms with E-state index < -0.39 is 0 Å². The Morgan fingerprint density at radius 2 is 1.77 bits per heavy atom. The van der Waals surface area contributed by atoms with Crippen molar-refractivity contribution in [1.29, 1.82) is 0 Å². The number of hydrogen-bond donors (Lipinski definition) is 2. The van der Waals surface area contributed by atoms with Crippen molar-refractivity contribution in [2.75, 3.05) is 23.2 Å². The van der Waals surface area contributed by atoms with Gasteiger partial charge in [0.2, 0.25) is 18.6 Å². The van der Waals surface area contributed by atoms with Gasteiger partial charge >= 0.3 is 0 Å². The SMILES string of the molecule is CCCC(=O)Nc1cccc(SCC(=O)Nc2ccc3c(c2)OCO3)c1. The van der Waals surface area contributed by atoms with Gasteiger partial charge < -0.3 is 20.1 Å². The van der Waals surface area contributed by atoms with Crippen LogP contribution in [0.15, 0.2) is 47.4 Å². The number of hydrogen-bond acceptors (Lipinski definition) is 5. The van der Waals surface area contributed by atoms with Gasteiger partial charge in [0.25, 0.3) is 0 Å². The molecule has 2 aromatic rings. The molecule has 1 heterocycles. The Kier molecular flexibility index (Phi) is 6.01. The summed E-state index contributed by atoms with van der Waals surface area (Å²) in [4.78, 5) is 24.7. The minimum Gasteiger partial charge on any atom is -0.454 e. The summed E-state index contributed by atoms with van der Waals surface area (Å²) in [5.41, 5.74) is 1.41. The number of fused-ring (bicyclic) bond motifs is 1. The minimum atomic E-state index is -0.116. The topological polar surface area (TPSA) is 76.7 Å². The average Bonchev–Trinajstić information content (AvgIpc) is 3.08. The molecule has 6 nitrogen and oxygen atoms in total. The van der Waals surface area contributed by atoms with Crippen LogP contribution in [0.25, 0.3) is 0 Å². The van der Waals surface area contributed by atoms with E-state index in [0.29, 0.717) is 23.6 Å². The zero-order valence-corrected chi connectivity index (χ0v) is 15.2. The van der Waals surface area contributed by atoms with Crippen LogP contribution in [0, 0.1) is 0 Å². The lowest BCUT2D eigenvalue weighted by molar-refractivity contribution is -0.116. The molecular weight excluding hydrogens is 352 g/mol. The fourth-order valence-corrected chi connectivity index (χ4v) is 3.19.